The highest BCUT2D eigenvalue weighted by Gasteiger charge is 2.26. The second-order valence-corrected chi connectivity index (χ2v) is 11.5. The topological polar surface area (TPSA) is 139 Å². The Morgan fingerprint density at radius 1 is 0.976 bits per heavy atom. The van der Waals surface area contributed by atoms with Crippen molar-refractivity contribution in [2.45, 2.75) is 71.2 Å². The van der Waals surface area contributed by atoms with Gasteiger partial charge in [-0.05, 0) is 56.4 Å². The van der Waals surface area contributed by atoms with Gasteiger partial charge >= 0.3 is 11.6 Å². The number of carbonyl (C=O) groups excluding carboxylic acids is 2. The highest BCUT2D eigenvalue weighted by atomic mass is 32.2. The Balaban J connectivity index is 1.40. The maximum absolute atomic E-state index is 13.0. The average Bonchev–Trinajstić information content (AvgIpc) is 3.33. The lowest BCUT2D eigenvalue weighted by Gasteiger charge is -2.21. The maximum atomic E-state index is 13.0. The fourth-order valence-electron chi connectivity index (χ4n) is 4.99. The molecule has 0 saturated carbocycles. The van der Waals surface area contributed by atoms with Gasteiger partial charge in [0.2, 0.25) is 11.8 Å². The van der Waals surface area contributed by atoms with Gasteiger partial charge in [-0.3, -0.25) is 9.59 Å². The summed E-state index contributed by atoms with van der Waals surface area (Å²) in [6, 6.07) is 9.61. The zero-order valence-electron chi connectivity index (χ0n) is 24.2. The van der Waals surface area contributed by atoms with E-state index >= 15 is 0 Å². The van der Waals surface area contributed by atoms with E-state index in [2.05, 4.69) is 10.6 Å². The van der Waals surface area contributed by atoms with Gasteiger partial charge in [0.25, 0.3) is 0 Å². The third-order valence-electron chi connectivity index (χ3n) is 7.38. The smallest absolute Gasteiger partial charge is 0.339 e. The number of aliphatic carboxylic acids is 1. The minimum atomic E-state index is -1.14. The summed E-state index contributed by atoms with van der Waals surface area (Å²) in [5.41, 5.74) is 4.53. The Morgan fingerprint density at radius 3 is 2.40 bits per heavy atom. The van der Waals surface area contributed by atoms with Gasteiger partial charge in [0.05, 0.1) is 6.26 Å². The highest BCUT2D eigenvalue weighted by molar-refractivity contribution is 7.98. The zero-order valence-corrected chi connectivity index (χ0v) is 25.1. The molecule has 0 fully saturated rings. The summed E-state index contributed by atoms with van der Waals surface area (Å²) >= 11 is 1.41. The van der Waals surface area contributed by atoms with Crippen LogP contribution in [0, 0.1) is 20.8 Å². The first-order chi connectivity index (χ1) is 20.1. The SMILES string of the molecule is CCCC(NC(=O)CCc1c(C)c2cc3c(C)coc3c(C)c2oc1=O)C(=O)N[C@@H](CSCc1ccccc1)C(=O)O. The molecule has 0 radical (unpaired) electrons. The molecule has 1 unspecified atom stereocenters. The fraction of sp³-hybridized carbons (Fsp3) is 0.375. The Kier molecular flexibility index (Phi) is 10.1. The standard InChI is InChI=1S/C32H36N2O7S/c1-5-9-25(30(36)34-26(31(37)38)17-42-16-21-10-7-6-8-11-21)33-27(35)13-12-22-19(3)24-14-23-18(2)15-40-28(23)20(4)29(24)41-32(22)39/h6-8,10-11,14-15,25-26H,5,9,12-13,16-17H2,1-4H3,(H,33,35)(H,34,36)(H,37,38)/t25?,26-/m0/s1. The van der Waals surface area contributed by atoms with Crippen LogP contribution in [0.25, 0.3) is 21.9 Å². The van der Waals surface area contributed by atoms with Crippen LogP contribution in [0.5, 0.6) is 0 Å². The summed E-state index contributed by atoms with van der Waals surface area (Å²) in [4.78, 5) is 50.7. The lowest BCUT2D eigenvalue weighted by atomic mass is 9.98. The van der Waals surface area contributed by atoms with E-state index in [9.17, 15) is 24.3 Å². The molecule has 2 aromatic heterocycles. The molecule has 10 heteroatoms. The summed E-state index contributed by atoms with van der Waals surface area (Å²) in [5, 5.41) is 16.7. The third kappa shape index (κ3) is 7.05. The number of thioether (sulfide) groups is 1. The molecule has 9 nitrogen and oxygen atoms in total. The van der Waals surface area contributed by atoms with Crippen LogP contribution in [-0.2, 0) is 26.6 Å². The number of hydrogen-bond donors (Lipinski definition) is 3. The average molecular weight is 593 g/mol. The van der Waals surface area contributed by atoms with Crippen molar-refractivity contribution in [3.63, 3.8) is 0 Å². The van der Waals surface area contributed by atoms with Crippen LogP contribution >= 0.6 is 11.8 Å². The number of carboxylic acid groups (broad SMARTS) is 1. The van der Waals surface area contributed by atoms with E-state index < -0.39 is 35.5 Å². The van der Waals surface area contributed by atoms with Crippen molar-refractivity contribution >= 4 is 51.5 Å². The molecule has 2 heterocycles. The molecule has 0 aliphatic carbocycles. The van der Waals surface area contributed by atoms with E-state index in [1.165, 1.54) is 11.8 Å². The van der Waals surface area contributed by atoms with Crippen LogP contribution in [0.3, 0.4) is 0 Å². The molecule has 0 bridgehead atoms. The highest BCUT2D eigenvalue weighted by Crippen LogP contribution is 2.32. The van der Waals surface area contributed by atoms with Crippen molar-refractivity contribution in [2.75, 3.05) is 5.75 Å². The minimum absolute atomic E-state index is 0.0359. The predicted molar refractivity (Wildman–Crippen MR) is 164 cm³/mol. The predicted octanol–water partition coefficient (Wildman–Crippen LogP) is 5.18. The van der Waals surface area contributed by atoms with E-state index in [1.807, 2.05) is 64.1 Å². The number of furan rings is 1. The van der Waals surface area contributed by atoms with Gasteiger partial charge in [0, 0.05) is 39.8 Å². The molecule has 0 saturated heterocycles. The third-order valence-corrected chi connectivity index (χ3v) is 8.48. The summed E-state index contributed by atoms with van der Waals surface area (Å²) in [7, 11) is 0. The van der Waals surface area contributed by atoms with E-state index in [-0.39, 0.29) is 18.6 Å². The van der Waals surface area contributed by atoms with Gasteiger partial charge in [-0.2, -0.15) is 11.8 Å². The number of rotatable bonds is 13. The number of amides is 2. The number of nitrogens with one attached hydrogen (secondary N) is 2. The minimum Gasteiger partial charge on any atom is -0.480 e. The summed E-state index contributed by atoms with van der Waals surface area (Å²) in [6.45, 7) is 7.50. The zero-order chi connectivity index (χ0) is 30.4. The van der Waals surface area contributed by atoms with Gasteiger partial charge in [-0.15, -0.1) is 0 Å². The molecule has 0 aliphatic heterocycles. The second kappa shape index (κ2) is 13.7. The number of carbonyl (C=O) groups is 3. The molecular formula is C32H36N2O7S. The van der Waals surface area contributed by atoms with Crippen molar-refractivity contribution in [3.8, 4) is 0 Å². The lowest BCUT2D eigenvalue weighted by molar-refractivity contribution is -0.141. The van der Waals surface area contributed by atoms with Crippen LogP contribution in [0.4, 0.5) is 0 Å². The molecule has 4 rings (SSSR count). The lowest BCUT2D eigenvalue weighted by Crippen LogP contribution is -2.52. The molecule has 2 atom stereocenters. The van der Waals surface area contributed by atoms with Gasteiger partial charge in [0.15, 0.2) is 0 Å². The Morgan fingerprint density at radius 2 is 1.71 bits per heavy atom. The Bertz CT molecular complexity index is 1660. The number of fused-ring (bicyclic) bond motifs is 2. The van der Waals surface area contributed by atoms with Crippen LogP contribution in [0.1, 0.15) is 54.0 Å². The molecule has 0 aliphatic rings. The van der Waals surface area contributed by atoms with Crippen LogP contribution in [-0.4, -0.2) is 40.7 Å². The van der Waals surface area contributed by atoms with E-state index in [4.69, 9.17) is 8.83 Å². The number of benzene rings is 2. The van der Waals surface area contributed by atoms with Crippen LogP contribution in [0.2, 0.25) is 0 Å². The normalized spacial score (nSPS) is 12.8. The first-order valence-electron chi connectivity index (χ1n) is 14.0. The molecule has 0 spiro atoms. The second-order valence-electron chi connectivity index (χ2n) is 10.5. The van der Waals surface area contributed by atoms with Crippen LogP contribution in [0.15, 0.2) is 56.3 Å². The van der Waals surface area contributed by atoms with E-state index in [0.717, 1.165) is 33.0 Å². The Labute approximate surface area is 248 Å². The molecular weight excluding hydrogens is 556 g/mol. The largest absolute Gasteiger partial charge is 0.480 e. The molecule has 222 valence electrons. The number of hydrogen-bond acceptors (Lipinski definition) is 7. The van der Waals surface area contributed by atoms with E-state index in [0.29, 0.717) is 35.3 Å². The summed E-state index contributed by atoms with van der Waals surface area (Å²) < 4.78 is 11.3. The fourth-order valence-corrected chi connectivity index (χ4v) is 5.99. The molecule has 42 heavy (non-hydrogen) atoms. The molecule has 2 amide bonds. The van der Waals surface area contributed by atoms with Crippen molar-refractivity contribution in [1.29, 1.82) is 0 Å². The van der Waals surface area contributed by atoms with Crippen molar-refractivity contribution in [3.05, 3.63) is 80.9 Å². The number of aryl methyl sites for hydroxylation is 3. The Hall–Kier alpha value is -4.05. The molecule has 3 N–H and O–H groups in total. The first kappa shape index (κ1) is 30.9. The summed E-state index contributed by atoms with van der Waals surface area (Å²) in [6.07, 6.45) is 2.71. The van der Waals surface area contributed by atoms with Gasteiger partial charge < -0.3 is 24.6 Å². The van der Waals surface area contributed by atoms with Crippen LogP contribution < -0.4 is 16.3 Å². The van der Waals surface area contributed by atoms with E-state index in [1.54, 1.807) is 6.26 Å². The monoisotopic (exact) mass is 592 g/mol. The van der Waals surface area contributed by atoms with Gasteiger partial charge in [-0.25, -0.2) is 9.59 Å². The molecule has 2 aromatic carbocycles. The van der Waals surface area contributed by atoms with Gasteiger partial charge in [-0.1, -0.05) is 43.7 Å². The quantitative estimate of drug-likeness (QED) is 0.180. The number of carboxylic acids is 1. The summed E-state index contributed by atoms with van der Waals surface area (Å²) in [5.74, 6) is -1.30. The molecule has 4 aromatic rings. The van der Waals surface area contributed by atoms with Gasteiger partial charge in [0.1, 0.15) is 23.2 Å². The van der Waals surface area contributed by atoms with Crippen molar-refractivity contribution < 1.29 is 28.3 Å². The first-order valence-corrected chi connectivity index (χ1v) is 15.1. The maximum Gasteiger partial charge on any atom is 0.339 e. The van der Waals surface area contributed by atoms with Crippen molar-refractivity contribution in [2.24, 2.45) is 0 Å². The van der Waals surface area contributed by atoms with Crippen molar-refractivity contribution in [1.82, 2.24) is 10.6 Å².